The zero-order valence-electron chi connectivity index (χ0n) is 14.2. The smallest absolute Gasteiger partial charge is 0.120 e. The third kappa shape index (κ3) is 8.32. The Morgan fingerprint density at radius 1 is 1.20 bits per heavy atom. The monoisotopic (exact) mass is 301 g/mol. The molecule has 0 aromatic heterocycles. The third-order valence-electron chi connectivity index (χ3n) is 4.16. The second kappa shape index (κ2) is 10.7. The average Bonchev–Trinajstić information content (AvgIpc) is 2.41. The molecule has 0 aromatic rings. The van der Waals surface area contributed by atoms with Crippen LogP contribution in [0.1, 0.15) is 86.0 Å². The van der Waals surface area contributed by atoms with Gasteiger partial charge in [0, 0.05) is 0 Å². The van der Waals surface area contributed by atoms with Gasteiger partial charge in [0.05, 0.1) is 5.38 Å². The summed E-state index contributed by atoms with van der Waals surface area (Å²) in [4.78, 5) is 0. The zero-order valence-corrected chi connectivity index (χ0v) is 14.9. The fourth-order valence-corrected chi connectivity index (χ4v) is 2.80. The fraction of sp³-hybridized carbons (Fsp3) is 0.889. The van der Waals surface area contributed by atoms with Gasteiger partial charge >= 0.3 is 0 Å². The molecular formula is C18H34ClO. The van der Waals surface area contributed by atoms with Gasteiger partial charge in [-0.15, -0.1) is 11.6 Å². The van der Waals surface area contributed by atoms with Crippen LogP contribution >= 0.6 is 11.6 Å². The standard InChI is InChI=1S/C18H34ClO/c1-6-8-13-18(20,17(19)7-2)14-12-16(5)11-9-10-15(3)4/h10,16-17H,6-9,11-14H2,1-5H3. The molecule has 0 aromatic carbocycles. The lowest BCUT2D eigenvalue weighted by Crippen LogP contribution is -2.37. The highest BCUT2D eigenvalue weighted by Gasteiger charge is 2.35. The molecule has 0 saturated carbocycles. The van der Waals surface area contributed by atoms with Crippen LogP contribution in [-0.2, 0) is 5.11 Å². The van der Waals surface area contributed by atoms with Crippen molar-refractivity contribution < 1.29 is 5.11 Å². The Morgan fingerprint density at radius 2 is 1.85 bits per heavy atom. The van der Waals surface area contributed by atoms with Gasteiger partial charge in [-0.3, -0.25) is 0 Å². The number of halogens is 1. The van der Waals surface area contributed by atoms with Gasteiger partial charge in [-0.1, -0.05) is 45.3 Å². The summed E-state index contributed by atoms with van der Waals surface area (Å²) in [6, 6.07) is 0. The molecule has 1 nitrogen and oxygen atoms in total. The molecule has 3 unspecified atom stereocenters. The van der Waals surface area contributed by atoms with Crippen molar-refractivity contribution in [3.63, 3.8) is 0 Å². The van der Waals surface area contributed by atoms with Crippen molar-refractivity contribution in [3.05, 3.63) is 11.6 Å². The van der Waals surface area contributed by atoms with E-state index >= 15 is 0 Å². The number of hydrogen-bond donors (Lipinski definition) is 0. The number of alkyl halides is 1. The molecule has 0 aliphatic carbocycles. The van der Waals surface area contributed by atoms with E-state index in [0.717, 1.165) is 44.9 Å². The molecule has 0 N–H and O–H groups in total. The van der Waals surface area contributed by atoms with E-state index in [9.17, 15) is 5.11 Å². The molecule has 2 heteroatoms. The molecular weight excluding hydrogens is 268 g/mol. The summed E-state index contributed by atoms with van der Waals surface area (Å²) in [5.74, 6) is 0.612. The molecule has 0 spiro atoms. The minimum atomic E-state index is -0.920. The number of allylic oxidation sites excluding steroid dienone is 2. The summed E-state index contributed by atoms with van der Waals surface area (Å²) in [5.41, 5.74) is 0.460. The molecule has 0 heterocycles. The van der Waals surface area contributed by atoms with Crippen molar-refractivity contribution in [3.8, 4) is 0 Å². The number of hydrogen-bond acceptors (Lipinski definition) is 0. The van der Waals surface area contributed by atoms with E-state index < -0.39 is 5.60 Å². The molecule has 0 aliphatic rings. The highest BCUT2D eigenvalue weighted by molar-refractivity contribution is 6.21. The quantitative estimate of drug-likeness (QED) is 0.305. The molecule has 0 rings (SSSR count). The van der Waals surface area contributed by atoms with E-state index in [2.05, 4.69) is 33.8 Å². The van der Waals surface area contributed by atoms with Crippen LogP contribution in [0.15, 0.2) is 11.6 Å². The van der Waals surface area contributed by atoms with Gasteiger partial charge in [-0.2, -0.15) is 0 Å². The summed E-state index contributed by atoms with van der Waals surface area (Å²) in [7, 11) is 0. The van der Waals surface area contributed by atoms with Gasteiger partial charge in [0.2, 0.25) is 0 Å². The number of rotatable bonds is 11. The molecule has 0 saturated heterocycles. The summed E-state index contributed by atoms with van der Waals surface area (Å²) >= 11 is 6.32. The molecule has 119 valence electrons. The summed E-state index contributed by atoms with van der Waals surface area (Å²) in [6.07, 6.45) is 9.91. The summed E-state index contributed by atoms with van der Waals surface area (Å²) in [5, 5.41) is 12.7. The molecule has 3 atom stereocenters. The first-order valence-corrected chi connectivity index (χ1v) is 8.77. The van der Waals surface area contributed by atoms with Crippen molar-refractivity contribution in [2.45, 2.75) is 97.0 Å². The second-order valence-electron chi connectivity index (χ2n) is 6.55. The van der Waals surface area contributed by atoms with E-state index in [1.807, 2.05) is 6.92 Å². The Kier molecular flexibility index (Phi) is 10.7. The molecule has 0 fully saturated rings. The van der Waals surface area contributed by atoms with Gasteiger partial charge in [-0.25, -0.2) is 5.11 Å². The van der Waals surface area contributed by atoms with E-state index in [1.165, 1.54) is 12.0 Å². The van der Waals surface area contributed by atoms with Crippen molar-refractivity contribution in [2.75, 3.05) is 0 Å². The molecule has 0 bridgehead atoms. The van der Waals surface area contributed by atoms with Crippen molar-refractivity contribution in [1.82, 2.24) is 0 Å². The van der Waals surface area contributed by atoms with Gasteiger partial charge in [0.25, 0.3) is 0 Å². The minimum absolute atomic E-state index is 0.223. The summed E-state index contributed by atoms with van der Waals surface area (Å²) in [6.45, 7) is 10.7. The molecule has 20 heavy (non-hydrogen) atoms. The predicted molar refractivity (Wildman–Crippen MR) is 89.9 cm³/mol. The normalized spacial score (nSPS) is 17.4. The Bertz CT molecular complexity index is 271. The second-order valence-corrected chi connectivity index (χ2v) is 7.07. The first-order valence-electron chi connectivity index (χ1n) is 8.33. The van der Waals surface area contributed by atoms with Crippen LogP contribution < -0.4 is 0 Å². The Hall–Kier alpha value is -0.0100. The maximum atomic E-state index is 12.9. The van der Waals surface area contributed by atoms with E-state index in [-0.39, 0.29) is 5.38 Å². The van der Waals surface area contributed by atoms with Crippen LogP contribution in [-0.4, -0.2) is 11.0 Å². The van der Waals surface area contributed by atoms with Crippen LogP contribution in [0.3, 0.4) is 0 Å². The Balaban J connectivity index is 4.27. The predicted octanol–water partition coefficient (Wildman–Crippen LogP) is 6.53. The highest BCUT2D eigenvalue weighted by Crippen LogP contribution is 2.32. The minimum Gasteiger partial charge on any atom is -0.228 e. The van der Waals surface area contributed by atoms with E-state index in [1.54, 1.807) is 0 Å². The topological polar surface area (TPSA) is 19.9 Å². The third-order valence-corrected chi connectivity index (χ3v) is 4.86. The first kappa shape index (κ1) is 20.0. The lowest BCUT2D eigenvalue weighted by molar-refractivity contribution is -0.0529. The lowest BCUT2D eigenvalue weighted by Gasteiger charge is -2.31. The van der Waals surface area contributed by atoms with Crippen LogP contribution in [0.4, 0.5) is 0 Å². The molecule has 0 aliphatic heterocycles. The van der Waals surface area contributed by atoms with Gasteiger partial charge in [-0.05, 0) is 58.3 Å². The SMILES string of the molecule is CCCCC([O])(CCC(C)CCC=C(C)C)C(Cl)CC. The van der Waals surface area contributed by atoms with E-state index in [4.69, 9.17) is 11.6 Å². The van der Waals surface area contributed by atoms with Gasteiger partial charge in [0.1, 0.15) is 5.60 Å². The van der Waals surface area contributed by atoms with Crippen molar-refractivity contribution in [1.29, 1.82) is 0 Å². The largest absolute Gasteiger partial charge is 0.228 e. The fourth-order valence-electron chi connectivity index (χ4n) is 2.58. The van der Waals surface area contributed by atoms with Crippen LogP contribution in [0.5, 0.6) is 0 Å². The van der Waals surface area contributed by atoms with Gasteiger partial charge in [0.15, 0.2) is 0 Å². The molecule has 0 amide bonds. The molecule has 1 radical (unpaired) electrons. The van der Waals surface area contributed by atoms with E-state index in [0.29, 0.717) is 5.92 Å². The number of unbranched alkanes of at least 4 members (excludes halogenated alkanes) is 1. The van der Waals surface area contributed by atoms with Crippen LogP contribution in [0.25, 0.3) is 0 Å². The van der Waals surface area contributed by atoms with Crippen LogP contribution in [0.2, 0.25) is 0 Å². The lowest BCUT2D eigenvalue weighted by atomic mass is 9.84. The maximum Gasteiger partial charge on any atom is 0.120 e. The summed E-state index contributed by atoms with van der Waals surface area (Å²) < 4.78 is 0. The van der Waals surface area contributed by atoms with Gasteiger partial charge < -0.3 is 0 Å². The Morgan fingerprint density at radius 3 is 2.35 bits per heavy atom. The highest BCUT2D eigenvalue weighted by atomic mass is 35.5. The maximum absolute atomic E-state index is 12.9. The first-order chi connectivity index (χ1) is 9.35. The zero-order chi connectivity index (χ0) is 15.6. The Labute approximate surface area is 131 Å². The van der Waals surface area contributed by atoms with Crippen molar-refractivity contribution in [2.24, 2.45) is 5.92 Å². The average molecular weight is 302 g/mol. The van der Waals surface area contributed by atoms with Crippen LogP contribution in [0, 0.1) is 5.92 Å². The van der Waals surface area contributed by atoms with Crippen molar-refractivity contribution >= 4 is 11.6 Å².